The van der Waals surface area contributed by atoms with E-state index in [2.05, 4.69) is 25.3 Å². The maximum absolute atomic E-state index is 11.4. The van der Waals surface area contributed by atoms with Gasteiger partial charge in [-0.15, -0.1) is 0 Å². The number of hydrogen-bond acceptors (Lipinski definition) is 9. The largest absolute Gasteiger partial charge is 0.481 e. The van der Waals surface area contributed by atoms with Gasteiger partial charge in [-0.1, -0.05) is 0 Å². The highest BCUT2D eigenvalue weighted by molar-refractivity contribution is 5.73. The number of carboxylic acids is 1. The second-order valence-electron chi connectivity index (χ2n) is 9.76. The van der Waals surface area contributed by atoms with Gasteiger partial charge in [0.05, 0.1) is 5.92 Å². The number of carbonyl (C=O) groups excluding carboxylic acids is 2. The van der Waals surface area contributed by atoms with E-state index in [1.54, 1.807) is 13.8 Å². The smallest absolute Gasteiger partial charge is 0.306 e. The summed E-state index contributed by atoms with van der Waals surface area (Å²) in [6.07, 6.45) is 4.42. The predicted molar refractivity (Wildman–Crippen MR) is 131 cm³/mol. The summed E-state index contributed by atoms with van der Waals surface area (Å²) in [5.41, 5.74) is 0. The summed E-state index contributed by atoms with van der Waals surface area (Å²) in [5, 5.41) is 15.3. The van der Waals surface area contributed by atoms with E-state index in [0.717, 1.165) is 51.9 Å². The maximum atomic E-state index is 11.4. The Kier molecular flexibility index (Phi) is 7.86. The first-order chi connectivity index (χ1) is 16.8. The number of piperidine rings is 3. The van der Waals surface area contributed by atoms with E-state index in [1.165, 1.54) is 0 Å². The Morgan fingerprint density at radius 3 is 1.26 bits per heavy atom. The van der Waals surface area contributed by atoms with E-state index >= 15 is 0 Å². The van der Waals surface area contributed by atoms with Crippen molar-refractivity contribution < 1.29 is 19.5 Å². The summed E-state index contributed by atoms with van der Waals surface area (Å²) < 4.78 is 0. The molecule has 3 aliphatic rings. The lowest BCUT2D eigenvalue weighted by atomic mass is 9.97. The van der Waals surface area contributed by atoms with Crippen LogP contribution in [-0.4, -0.2) is 89.2 Å². The Morgan fingerprint density at radius 2 is 0.971 bits per heavy atom. The molecule has 0 bridgehead atoms. The highest BCUT2D eigenvalue weighted by Gasteiger charge is 2.29. The number of carboxylic acid groups (broad SMARTS) is 1. The Balaban J connectivity index is 1.51. The van der Waals surface area contributed by atoms with Crippen molar-refractivity contribution in [3.05, 3.63) is 0 Å². The topological polar surface area (TPSA) is 144 Å². The number of hydrogen-bond donors (Lipinski definition) is 3. The summed E-state index contributed by atoms with van der Waals surface area (Å²) >= 11 is 0. The molecule has 35 heavy (non-hydrogen) atoms. The first kappa shape index (κ1) is 24.9. The van der Waals surface area contributed by atoms with E-state index in [9.17, 15) is 19.5 Å². The molecule has 0 atom stereocenters. The van der Waals surface area contributed by atoms with Crippen molar-refractivity contribution in [2.75, 3.05) is 54.0 Å². The molecule has 2 amide bonds. The van der Waals surface area contributed by atoms with Gasteiger partial charge in [0.2, 0.25) is 29.7 Å². The van der Waals surface area contributed by atoms with Gasteiger partial charge in [0.25, 0.3) is 0 Å². The average Bonchev–Trinajstić information content (AvgIpc) is 2.84. The molecule has 3 saturated heterocycles. The number of nitrogens with zero attached hydrogens (tertiary/aromatic N) is 6. The zero-order valence-electron chi connectivity index (χ0n) is 20.6. The minimum absolute atomic E-state index is 0.0133. The maximum Gasteiger partial charge on any atom is 0.306 e. The van der Waals surface area contributed by atoms with E-state index in [-0.39, 0.29) is 29.8 Å². The van der Waals surface area contributed by atoms with Crippen molar-refractivity contribution in [2.45, 2.75) is 64.5 Å². The third-order valence-corrected chi connectivity index (χ3v) is 7.10. The third kappa shape index (κ3) is 6.49. The van der Waals surface area contributed by atoms with Gasteiger partial charge >= 0.3 is 5.97 Å². The molecule has 4 heterocycles. The van der Waals surface area contributed by atoms with Crippen LogP contribution in [0.2, 0.25) is 0 Å². The van der Waals surface area contributed by atoms with Gasteiger partial charge in [-0.05, 0) is 38.5 Å². The normalized spacial score (nSPS) is 20.6. The fraction of sp³-hybridized carbons (Fsp3) is 0.739. The molecule has 192 valence electrons. The highest BCUT2D eigenvalue weighted by Crippen LogP contribution is 2.27. The molecule has 0 aliphatic carbocycles. The lowest BCUT2D eigenvalue weighted by molar-refractivity contribution is -0.142. The van der Waals surface area contributed by atoms with Gasteiger partial charge in [-0.3, -0.25) is 14.4 Å². The van der Waals surface area contributed by atoms with Crippen LogP contribution in [0.15, 0.2) is 0 Å². The van der Waals surface area contributed by atoms with Crippen molar-refractivity contribution >= 4 is 35.6 Å². The van der Waals surface area contributed by atoms with Crippen molar-refractivity contribution in [1.82, 2.24) is 25.6 Å². The lowest BCUT2D eigenvalue weighted by Gasteiger charge is -2.36. The van der Waals surface area contributed by atoms with E-state index in [0.29, 0.717) is 43.8 Å². The molecule has 12 heteroatoms. The molecule has 0 unspecified atom stereocenters. The first-order valence-electron chi connectivity index (χ1n) is 12.6. The third-order valence-electron chi connectivity index (χ3n) is 7.10. The predicted octanol–water partition coefficient (Wildman–Crippen LogP) is 0.382. The van der Waals surface area contributed by atoms with Gasteiger partial charge < -0.3 is 30.4 Å². The summed E-state index contributed by atoms with van der Waals surface area (Å²) in [5.74, 6) is 0.729. The van der Waals surface area contributed by atoms with Crippen LogP contribution in [-0.2, 0) is 14.4 Å². The zero-order valence-corrected chi connectivity index (χ0v) is 20.6. The van der Waals surface area contributed by atoms with Gasteiger partial charge in [0, 0.05) is 65.2 Å². The standard InChI is InChI=1S/C23H36N8O4/c1-15(32)24-18-5-11-30(12-6-18)22-26-21(29-9-3-17(4-10-29)20(34)35)27-23(28-22)31-13-7-19(8-14-31)25-16(2)33/h17-19H,3-14H2,1-2H3,(H,24,32)(H,25,33)(H,34,35). The molecule has 0 aromatic carbocycles. The van der Waals surface area contributed by atoms with Crippen LogP contribution in [0.1, 0.15) is 52.4 Å². The minimum atomic E-state index is -0.745. The molecule has 1 aromatic heterocycles. The molecular formula is C23H36N8O4. The minimum Gasteiger partial charge on any atom is -0.481 e. The van der Waals surface area contributed by atoms with Crippen molar-refractivity contribution in [3.63, 3.8) is 0 Å². The quantitative estimate of drug-likeness (QED) is 0.514. The number of carbonyl (C=O) groups is 3. The number of rotatable bonds is 6. The summed E-state index contributed by atoms with van der Waals surface area (Å²) in [6.45, 7) is 7.21. The van der Waals surface area contributed by atoms with Crippen LogP contribution >= 0.6 is 0 Å². The number of aliphatic carboxylic acids is 1. The first-order valence-corrected chi connectivity index (χ1v) is 12.6. The van der Waals surface area contributed by atoms with Gasteiger partial charge in [-0.25, -0.2) is 0 Å². The molecule has 0 spiro atoms. The summed E-state index contributed by atoms with van der Waals surface area (Å²) in [4.78, 5) is 55.0. The molecule has 1 aromatic rings. The SMILES string of the molecule is CC(=O)NC1CCN(c2nc(N3CCC(NC(C)=O)CC3)nc(N3CCC(C(=O)O)CC3)n2)CC1. The van der Waals surface area contributed by atoms with Crippen molar-refractivity contribution in [3.8, 4) is 0 Å². The Labute approximate surface area is 205 Å². The fourth-order valence-electron chi connectivity index (χ4n) is 5.12. The van der Waals surface area contributed by atoms with E-state index in [4.69, 9.17) is 15.0 Å². The van der Waals surface area contributed by atoms with Crippen molar-refractivity contribution in [2.24, 2.45) is 5.92 Å². The van der Waals surface area contributed by atoms with Crippen LogP contribution in [0.5, 0.6) is 0 Å². The van der Waals surface area contributed by atoms with Gasteiger partial charge in [0.15, 0.2) is 0 Å². The molecule has 3 aliphatic heterocycles. The Hall–Kier alpha value is -3.18. The van der Waals surface area contributed by atoms with Crippen LogP contribution in [0.25, 0.3) is 0 Å². The molecule has 0 saturated carbocycles. The zero-order chi connectivity index (χ0) is 24.9. The summed E-state index contributed by atoms with van der Waals surface area (Å²) in [6, 6.07) is 0.319. The van der Waals surface area contributed by atoms with Crippen LogP contribution in [0.4, 0.5) is 17.8 Å². The average molecular weight is 489 g/mol. The lowest BCUT2D eigenvalue weighted by Crippen LogP contribution is -2.46. The van der Waals surface area contributed by atoms with Gasteiger partial charge in [-0.2, -0.15) is 15.0 Å². The van der Waals surface area contributed by atoms with Crippen molar-refractivity contribution in [1.29, 1.82) is 0 Å². The number of amides is 2. The second kappa shape index (κ2) is 11.0. The molecule has 3 N–H and O–H groups in total. The highest BCUT2D eigenvalue weighted by atomic mass is 16.4. The number of nitrogens with one attached hydrogen (secondary N) is 2. The molecule has 12 nitrogen and oxygen atoms in total. The molecule has 0 radical (unpaired) electrons. The Morgan fingerprint density at radius 1 is 0.657 bits per heavy atom. The van der Waals surface area contributed by atoms with E-state index < -0.39 is 5.97 Å². The molecular weight excluding hydrogens is 452 g/mol. The Bertz CT molecular complexity index is 866. The van der Waals surface area contributed by atoms with Gasteiger partial charge in [0.1, 0.15) is 0 Å². The molecule has 3 fully saturated rings. The molecule has 4 rings (SSSR count). The monoisotopic (exact) mass is 488 g/mol. The number of anilines is 3. The van der Waals surface area contributed by atoms with Crippen LogP contribution < -0.4 is 25.3 Å². The van der Waals surface area contributed by atoms with E-state index in [1.807, 2.05) is 0 Å². The van der Waals surface area contributed by atoms with Crippen LogP contribution in [0.3, 0.4) is 0 Å². The fourth-order valence-corrected chi connectivity index (χ4v) is 5.12. The number of aromatic nitrogens is 3. The second-order valence-corrected chi connectivity index (χ2v) is 9.76. The summed E-state index contributed by atoms with van der Waals surface area (Å²) in [7, 11) is 0. The van der Waals surface area contributed by atoms with Crippen LogP contribution in [0, 0.1) is 5.92 Å².